The number of anilines is 1. The Labute approximate surface area is 110 Å². The highest BCUT2D eigenvalue weighted by Crippen LogP contribution is 2.09. The number of rotatable bonds is 6. The van der Waals surface area contributed by atoms with Gasteiger partial charge in [0, 0.05) is 22.6 Å². The molecular weight excluding hydrogens is 317 g/mol. The summed E-state index contributed by atoms with van der Waals surface area (Å²) in [6.07, 6.45) is 3.60. The molecule has 0 bridgehead atoms. The molecule has 0 fully saturated rings. The van der Waals surface area contributed by atoms with E-state index in [9.17, 15) is 0 Å². The third-order valence-electron chi connectivity index (χ3n) is 2.24. The van der Waals surface area contributed by atoms with Crippen molar-refractivity contribution in [3.63, 3.8) is 0 Å². The van der Waals surface area contributed by atoms with E-state index in [1.54, 1.807) is 12.4 Å². The molecule has 0 spiro atoms. The van der Waals surface area contributed by atoms with Crippen LogP contribution in [0.2, 0.25) is 0 Å². The Bertz CT molecular complexity index is 303. The summed E-state index contributed by atoms with van der Waals surface area (Å²) in [6.45, 7) is 7.73. The summed E-state index contributed by atoms with van der Waals surface area (Å²) in [7, 11) is 0. The summed E-state index contributed by atoms with van der Waals surface area (Å²) in [6, 6.07) is 0.250. The molecular formula is C11H18IN3O. The van der Waals surface area contributed by atoms with Gasteiger partial charge in [-0.3, -0.25) is 0 Å². The zero-order valence-electron chi connectivity index (χ0n) is 9.90. The van der Waals surface area contributed by atoms with Gasteiger partial charge in [0.05, 0.1) is 12.6 Å². The maximum atomic E-state index is 5.43. The number of halogens is 1. The number of hydrogen-bond donors (Lipinski definition) is 1. The van der Waals surface area contributed by atoms with Gasteiger partial charge in [0.1, 0.15) is 0 Å². The first kappa shape index (κ1) is 13.6. The van der Waals surface area contributed by atoms with Crippen molar-refractivity contribution in [2.45, 2.75) is 26.8 Å². The molecule has 0 aliphatic carbocycles. The summed E-state index contributed by atoms with van der Waals surface area (Å²) < 4.78 is 6.47. The van der Waals surface area contributed by atoms with Crippen molar-refractivity contribution < 1.29 is 4.74 Å². The smallest absolute Gasteiger partial charge is 0.222 e. The van der Waals surface area contributed by atoms with Gasteiger partial charge >= 0.3 is 0 Å². The molecule has 1 N–H and O–H groups in total. The monoisotopic (exact) mass is 335 g/mol. The third-order valence-corrected chi connectivity index (χ3v) is 2.80. The standard InChI is InChI=1S/C11H18IN3O/c1-4-16-7-10(8(2)3)15-11-13-5-9(12)6-14-11/h5-6,8,10H,4,7H2,1-3H3,(H,13,14,15). The van der Waals surface area contributed by atoms with E-state index in [0.29, 0.717) is 18.5 Å². The highest BCUT2D eigenvalue weighted by Gasteiger charge is 2.14. The van der Waals surface area contributed by atoms with E-state index >= 15 is 0 Å². The lowest BCUT2D eigenvalue weighted by Gasteiger charge is -2.21. The molecule has 0 saturated carbocycles. The first-order valence-electron chi connectivity index (χ1n) is 5.45. The second kappa shape index (κ2) is 7.01. The molecule has 0 aromatic carbocycles. The molecule has 0 saturated heterocycles. The minimum absolute atomic E-state index is 0.250. The maximum Gasteiger partial charge on any atom is 0.222 e. The topological polar surface area (TPSA) is 47.0 Å². The quantitative estimate of drug-likeness (QED) is 0.812. The van der Waals surface area contributed by atoms with Crippen LogP contribution in [0.5, 0.6) is 0 Å². The molecule has 1 heterocycles. The first-order chi connectivity index (χ1) is 7.63. The van der Waals surface area contributed by atoms with Gasteiger partial charge in [-0.15, -0.1) is 0 Å². The number of nitrogens with one attached hydrogen (secondary N) is 1. The second-order valence-corrected chi connectivity index (χ2v) is 5.12. The molecule has 1 unspecified atom stereocenters. The minimum Gasteiger partial charge on any atom is -0.380 e. The fourth-order valence-electron chi connectivity index (χ4n) is 1.20. The second-order valence-electron chi connectivity index (χ2n) is 3.88. The fourth-order valence-corrected chi connectivity index (χ4v) is 1.48. The van der Waals surface area contributed by atoms with Gasteiger partial charge in [-0.05, 0) is 35.4 Å². The highest BCUT2D eigenvalue weighted by molar-refractivity contribution is 14.1. The molecule has 0 amide bonds. The van der Waals surface area contributed by atoms with Gasteiger partial charge in [-0.2, -0.15) is 0 Å². The van der Waals surface area contributed by atoms with Crippen molar-refractivity contribution in [3.05, 3.63) is 16.0 Å². The number of hydrogen-bond acceptors (Lipinski definition) is 4. The lowest BCUT2D eigenvalue weighted by Crippen LogP contribution is -2.31. The highest BCUT2D eigenvalue weighted by atomic mass is 127. The maximum absolute atomic E-state index is 5.43. The van der Waals surface area contributed by atoms with E-state index in [4.69, 9.17) is 4.74 Å². The molecule has 1 aromatic rings. The van der Waals surface area contributed by atoms with Crippen LogP contribution in [0, 0.1) is 9.49 Å². The Morgan fingerprint density at radius 3 is 2.50 bits per heavy atom. The normalized spacial score (nSPS) is 12.8. The summed E-state index contributed by atoms with van der Waals surface area (Å²) in [5.41, 5.74) is 0. The van der Waals surface area contributed by atoms with Crippen LogP contribution < -0.4 is 5.32 Å². The molecule has 0 radical (unpaired) electrons. The van der Waals surface area contributed by atoms with Crippen LogP contribution in [-0.2, 0) is 4.74 Å². The van der Waals surface area contributed by atoms with Gasteiger partial charge in [-0.1, -0.05) is 13.8 Å². The summed E-state index contributed by atoms with van der Waals surface area (Å²) in [4.78, 5) is 8.45. The average molecular weight is 335 g/mol. The molecule has 1 rings (SSSR count). The van der Waals surface area contributed by atoms with Crippen molar-refractivity contribution >= 4 is 28.5 Å². The van der Waals surface area contributed by atoms with Gasteiger partial charge in [-0.25, -0.2) is 9.97 Å². The summed E-state index contributed by atoms with van der Waals surface area (Å²) in [5, 5.41) is 3.29. The number of aromatic nitrogens is 2. The molecule has 1 atom stereocenters. The lowest BCUT2D eigenvalue weighted by molar-refractivity contribution is 0.126. The van der Waals surface area contributed by atoms with Gasteiger partial charge in [0.25, 0.3) is 0 Å². The number of nitrogens with zero attached hydrogens (tertiary/aromatic N) is 2. The predicted octanol–water partition coefficient (Wildman–Crippen LogP) is 2.55. The van der Waals surface area contributed by atoms with Crippen LogP contribution in [0.4, 0.5) is 5.95 Å². The summed E-state index contributed by atoms with van der Waals surface area (Å²) >= 11 is 2.19. The SMILES string of the molecule is CCOCC(Nc1ncc(I)cn1)C(C)C. The predicted molar refractivity (Wildman–Crippen MR) is 73.5 cm³/mol. The van der Waals surface area contributed by atoms with Gasteiger partial charge in [0.2, 0.25) is 5.95 Å². The van der Waals surface area contributed by atoms with E-state index in [0.717, 1.165) is 10.2 Å². The van der Waals surface area contributed by atoms with Crippen molar-refractivity contribution in [1.29, 1.82) is 0 Å². The molecule has 4 nitrogen and oxygen atoms in total. The minimum atomic E-state index is 0.250. The molecule has 0 aliphatic rings. The van der Waals surface area contributed by atoms with E-state index in [1.165, 1.54) is 0 Å². The third kappa shape index (κ3) is 4.61. The van der Waals surface area contributed by atoms with Crippen LogP contribution in [0.15, 0.2) is 12.4 Å². The van der Waals surface area contributed by atoms with Crippen LogP contribution in [0.3, 0.4) is 0 Å². The van der Waals surface area contributed by atoms with Crippen molar-refractivity contribution in [1.82, 2.24) is 9.97 Å². The van der Waals surface area contributed by atoms with Crippen molar-refractivity contribution in [2.24, 2.45) is 5.92 Å². The van der Waals surface area contributed by atoms with Gasteiger partial charge < -0.3 is 10.1 Å². The van der Waals surface area contributed by atoms with Crippen LogP contribution in [-0.4, -0.2) is 29.2 Å². The molecule has 90 valence electrons. The van der Waals surface area contributed by atoms with E-state index in [1.807, 2.05) is 6.92 Å². The molecule has 1 aromatic heterocycles. The first-order valence-corrected chi connectivity index (χ1v) is 6.53. The summed E-state index contributed by atoms with van der Waals surface area (Å²) in [5.74, 6) is 1.15. The molecule has 5 heteroatoms. The van der Waals surface area contributed by atoms with Crippen molar-refractivity contribution in [3.8, 4) is 0 Å². The Hall–Kier alpha value is -0.430. The Balaban J connectivity index is 2.57. The zero-order chi connectivity index (χ0) is 12.0. The Morgan fingerprint density at radius 1 is 1.38 bits per heavy atom. The molecule has 16 heavy (non-hydrogen) atoms. The zero-order valence-corrected chi connectivity index (χ0v) is 12.1. The van der Waals surface area contributed by atoms with E-state index in [2.05, 4.69) is 51.7 Å². The van der Waals surface area contributed by atoms with Crippen LogP contribution in [0.1, 0.15) is 20.8 Å². The van der Waals surface area contributed by atoms with Crippen LogP contribution >= 0.6 is 22.6 Å². The number of ether oxygens (including phenoxy) is 1. The van der Waals surface area contributed by atoms with Gasteiger partial charge in [0.15, 0.2) is 0 Å². The Kier molecular flexibility index (Phi) is 5.97. The lowest BCUT2D eigenvalue weighted by atomic mass is 10.1. The largest absolute Gasteiger partial charge is 0.380 e. The van der Waals surface area contributed by atoms with Crippen molar-refractivity contribution in [2.75, 3.05) is 18.5 Å². The van der Waals surface area contributed by atoms with Crippen LogP contribution in [0.25, 0.3) is 0 Å². The fraction of sp³-hybridized carbons (Fsp3) is 0.636. The average Bonchev–Trinajstić information content (AvgIpc) is 2.26. The Morgan fingerprint density at radius 2 is 2.00 bits per heavy atom. The molecule has 0 aliphatic heterocycles. The van der Waals surface area contributed by atoms with E-state index in [-0.39, 0.29) is 6.04 Å². The van der Waals surface area contributed by atoms with E-state index < -0.39 is 0 Å².